The molecule has 0 fully saturated rings. The fourth-order valence-electron chi connectivity index (χ4n) is 0. The molecule has 0 rings (SSSR count). The van der Waals surface area contributed by atoms with Gasteiger partial charge in [0.15, 0.2) is 0 Å². The summed E-state index contributed by atoms with van der Waals surface area (Å²) < 4.78 is 0. The number of hydrogen-bond acceptors (Lipinski definition) is 1. The number of hydrogen-bond donors (Lipinski definition) is 1. The van der Waals surface area contributed by atoms with Crippen LogP contribution in [0.1, 0.15) is 0 Å². The van der Waals surface area contributed by atoms with E-state index in [0.717, 1.165) is 0 Å². The Bertz CT molecular complexity index is 10.8. The van der Waals surface area contributed by atoms with Gasteiger partial charge < -0.3 is 5.11 Å². The maximum atomic E-state index is 8.06. The molecule has 0 heterocycles. The fraction of sp³-hybridized carbons (Fsp3) is 1.00. The lowest BCUT2D eigenvalue weighted by Crippen LogP contribution is -2.01. The van der Waals surface area contributed by atoms with E-state index in [9.17, 15) is 0 Å². The zero-order chi connectivity index (χ0) is 3.58. The maximum absolute atomic E-state index is 8.06. The highest BCUT2D eigenvalue weighted by atomic mass is 16.3. The predicted octanol–water partition coefficient (Wildman–Crippen LogP) is -2.47. The van der Waals surface area contributed by atoms with Gasteiger partial charge in [-0.15, -0.1) is 0 Å². The Morgan fingerprint density at radius 3 is 1.50 bits per heavy atom. The highest BCUT2D eigenvalue weighted by molar-refractivity contribution is 6.34. The molecule has 0 saturated heterocycles. The van der Waals surface area contributed by atoms with Gasteiger partial charge in [-0.3, -0.25) is 0 Å². The van der Waals surface area contributed by atoms with Crippen LogP contribution in [0.25, 0.3) is 0 Å². The molecule has 1 N–H and O–H groups in total. The monoisotopic (exact) mass is 56.1 g/mol. The smallest absolute Gasteiger partial charge is 0.127 e. The third-order valence-corrected chi connectivity index (χ3v) is 0. The predicted molar refractivity (Wildman–Crippen MR) is 23.1 cm³/mol. The summed E-state index contributed by atoms with van der Waals surface area (Å²) in [6.45, 7) is 0. The van der Waals surface area contributed by atoms with E-state index in [1.54, 1.807) is 15.7 Å². The molecule has 0 atom stereocenters. The highest BCUT2D eigenvalue weighted by Crippen LogP contribution is 1.46. The van der Waals surface area contributed by atoms with E-state index in [1.807, 2.05) is 0 Å². The first-order valence-electron chi connectivity index (χ1n) is 1.41. The van der Waals surface area contributed by atoms with E-state index in [-0.39, 0.29) is 5.90 Å². The van der Waals surface area contributed by atoms with Crippen LogP contribution >= 0.6 is 0 Å². The first-order chi connectivity index (χ1) is 1.73. The van der Waals surface area contributed by atoms with Crippen molar-refractivity contribution in [3.63, 3.8) is 0 Å². The fourth-order valence-corrected chi connectivity index (χ4v) is 0. The van der Waals surface area contributed by atoms with Crippen molar-refractivity contribution in [3.05, 3.63) is 0 Å². The average molecular weight is 55.7 g/mol. The van der Waals surface area contributed by atoms with Crippen molar-refractivity contribution in [2.75, 3.05) is 0 Å². The average Bonchev–Trinajstić information content (AvgIpc) is 0.811. The topological polar surface area (TPSA) is 20.2 Å². The van der Waals surface area contributed by atoms with Gasteiger partial charge in [0.1, 0.15) is 15.7 Å². The minimum absolute atomic E-state index is 0.167. The Balaban J connectivity index is 2.32. The van der Waals surface area contributed by atoms with Crippen LogP contribution in [0.5, 0.6) is 0 Å². The molecule has 0 aromatic heterocycles. The largest absolute Gasteiger partial charge is 0.411 e. The Hall–Kier alpha value is 0.0899. The molecule has 0 aromatic carbocycles. The normalized spacial score (nSPS) is 8.50. The molecule has 0 unspecified atom stereocenters. The van der Waals surface area contributed by atoms with Crippen molar-refractivity contribution >= 4 is 15.7 Å². The van der Waals surface area contributed by atoms with Crippen molar-refractivity contribution in [1.29, 1.82) is 0 Å². The Morgan fingerprint density at radius 1 is 1.50 bits per heavy atom. The van der Waals surface area contributed by atoms with Gasteiger partial charge in [0, 0.05) is 0 Å². The van der Waals surface area contributed by atoms with Crippen LogP contribution in [-0.4, -0.2) is 26.7 Å². The number of aliphatic hydroxyl groups excluding tert-OH is 1. The molecule has 0 amide bonds. The van der Waals surface area contributed by atoms with Crippen molar-refractivity contribution in [3.8, 4) is 0 Å². The highest BCUT2D eigenvalue weighted by Gasteiger charge is 1.72. The molecule has 3 heteroatoms. The van der Waals surface area contributed by atoms with Crippen LogP contribution in [0.3, 0.4) is 0 Å². The lowest BCUT2D eigenvalue weighted by atomic mass is 9.83. The van der Waals surface area contributed by atoms with Gasteiger partial charge in [-0.2, -0.15) is 0 Å². The third-order valence-electron chi connectivity index (χ3n) is 0. The van der Waals surface area contributed by atoms with Crippen LogP contribution in [0, 0.1) is 0 Å². The molecule has 4 heavy (non-hydrogen) atoms. The van der Waals surface area contributed by atoms with Crippen LogP contribution in [-0.2, 0) is 0 Å². The Morgan fingerprint density at radius 2 is 1.50 bits per heavy atom. The molecular formula is CH6B2O. The van der Waals surface area contributed by atoms with E-state index in [4.69, 9.17) is 5.11 Å². The quantitative estimate of drug-likeness (QED) is 0.305. The van der Waals surface area contributed by atoms with Gasteiger partial charge in [-0.1, -0.05) is 0 Å². The standard InChI is InChI=1S/CH6B2O/c2-1(3)4/h1,4H,2-3H2. The SMILES string of the molecule is BC(B)O. The molecule has 0 aromatic rings. The summed E-state index contributed by atoms with van der Waals surface area (Å²) in [6.07, 6.45) is 0. The minimum Gasteiger partial charge on any atom is -0.411 e. The lowest BCUT2D eigenvalue weighted by Gasteiger charge is -1.78. The van der Waals surface area contributed by atoms with Crippen molar-refractivity contribution in [1.82, 2.24) is 0 Å². The summed E-state index contributed by atoms with van der Waals surface area (Å²) in [5.74, 6) is -0.167. The van der Waals surface area contributed by atoms with Crippen LogP contribution in [0.2, 0.25) is 0 Å². The molecule has 0 aliphatic carbocycles. The minimum atomic E-state index is -0.167. The van der Waals surface area contributed by atoms with Gasteiger partial charge in [0.05, 0.1) is 0 Å². The Kier molecular flexibility index (Phi) is 1.45. The van der Waals surface area contributed by atoms with Crippen molar-refractivity contribution in [2.45, 2.75) is 5.90 Å². The first-order valence-corrected chi connectivity index (χ1v) is 1.41. The molecule has 0 aliphatic rings. The van der Waals surface area contributed by atoms with E-state index in [1.165, 1.54) is 0 Å². The summed E-state index contributed by atoms with van der Waals surface area (Å²) in [4.78, 5) is 0. The second kappa shape index (κ2) is 1.41. The molecule has 22 valence electrons. The van der Waals surface area contributed by atoms with Crippen LogP contribution in [0.15, 0.2) is 0 Å². The summed E-state index contributed by atoms with van der Waals surface area (Å²) >= 11 is 0. The maximum Gasteiger partial charge on any atom is 0.127 e. The van der Waals surface area contributed by atoms with E-state index in [2.05, 4.69) is 0 Å². The van der Waals surface area contributed by atoms with Crippen LogP contribution < -0.4 is 0 Å². The van der Waals surface area contributed by atoms with Crippen molar-refractivity contribution < 1.29 is 5.11 Å². The third kappa shape index (κ3) is 307. The number of rotatable bonds is 0. The number of aliphatic hydroxyl groups is 1. The molecule has 0 spiro atoms. The second-order valence-electron chi connectivity index (χ2n) is 1.09. The molecular weight excluding hydrogens is 49.6 g/mol. The van der Waals surface area contributed by atoms with Gasteiger partial charge >= 0.3 is 0 Å². The molecule has 0 aliphatic heterocycles. The summed E-state index contributed by atoms with van der Waals surface area (Å²) in [5.41, 5.74) is 0. The summed E-state index contributed by atoms with van der Waals surface area (Å²) in [5, 5.41) is 8.06. The molecule has 1 nitrogen and oxygen atoms in total. The second-order valence-corrected chi connectivity index (χ2v) is 1.09. The summed E-state index contributed by atoms with van der Waals surface area (Å²) in [7, 11) is 3.44. The van der Waals surface area contributed by atoms with E-state index < -0.39 is 0 Å². The Labute approximate surface area is 27.8 Å². The molecule has 0 bridgehead atoms. The van der Waals surface area contributed by atoms with Crippen LogP contribution in [0.4, 0.5) is 0 Å². The van der Waals surface area contributed by atoms with Gasteiger partial charge in [-0.05, 0) is 5.90 Å². The summed E-state index contributed by atoms with van der Waals surface area (Å²) in [6, 6.07) is 0. The van der Waals surface area contributed by atoms with E-state index in [0.29, 0.717) is 0 Å². The van der Waals surface area contributed by atoms with Gasteiger partial charge in [0.2, 0.25) is 0 Å². The molecule has 0 saturated carbocycles. The van der Waals surface area contributed by atoms with Gasteiger partial charge in [0.25, 0.3) is 0 Å². The molecule has 0 radical (unpaired) electrons. The first kappa shape index (κ1) is 4.09. The lowest BCUT2D eigenvalue weighted by molar-refractivity contribution is 0.332. The van der Waals surface area contributed by atoms with E-state index >= 15 is 0 Å². The zero-order valence-corrected chi connectivity index (χ0v) is 3.02. The van der Waals surface area contributed by atoms with Gasteiger partial charge in [-0.25, -0.2) is 0 Å². The zero-order valence-electron chi connectivity index (χ0n) is 3.02. The van der Waals surface area contributed by atoms with Crippen molar-refractivity contribution in [2.24, 2.45) is 0 Å².